The highest BCUT2D eigenvalue weighted by Crippen LogP contribution is 2.30. The van der Waals surface area contributed by atoms with Gasteiger partial charge in [-0.15, -0.1) is 0 Å². The number of halogens is 1. The first-order valence-corrected chi connectivity index (χ1v) is 8.13. The van der Waals surface area contributed by atoms with Crippen LogP contribution in [-0.2, 0) is 14.3 Å². The van der Waals surface area contributed by atoms with Gasteiger partial charge in [0.1, 0.15) is 5.60 Å². The number of ether oxygens (including phenoxy) is 2. The van der Waals surface area contributed by atoms with E-state index in [2.05, 4.69) is 0 Å². The second-order valence-corrected chi connectivity index (χ2v) is 7.05. The van der Waals surface area contributed by atoms with Crippen LogP contribution in [0.25, 0.3) is 5.57 Å². The van der Waals surface area contributed by atoms with Crippen LogP contribution in [0.2, 0.25) is 5.02 Å². The molecule has 1 aliphatic heterocycles. The molecule has 24 heavy (non-hydrogen) atoms. The van der Waals surface area contributed by atoms with Crippen LogP contribution in [0.5, 0.6) is 0 Å². The number of amides is 1. The first-order chi connectivity index (χ1) is 11.2. The predicted molar refractivity (Wildman–Crippen MR) is 92.8 cm³/mol. The molecule has 1 heterocycles. The standard InChI is InChI=1S/C18H22ClNO4/c1-18(2,3)24-17(22)20-9-8-14(15(11-20)16(21)23-4)12-6-5-7-13(19)10-12/h5-7,10H,8-9,11H2,1-4H3. The minimum atomic E-state index is -0.584. The van der Waals surface area contributed by atoms with Crippen molar-refractivity contribution < 1.29 is 19.1 Å². The van der Waals surface area contributed by atoms with Crippen LogP contribution in [0.3, 0.4) is 0 Å². The van der Waals surface area contributed by atoms with Crippen molar-refractivity contribution >= 4 is 29.2 Å². The Hall–Kier alpha value is -2.01. The van der Waals surface area contributed by atoms with Crippen LogP contribution in [0.1, 0.15) is 32.8 Å². The molecule has 0 spiro atoms. The maximum absolute atomic E-state index is 12.3. The van der Waals surface area contributed by atoms with Crippen molar-refractivity contribution in [3.63, 3.8) is 0 Å². The van der Waals surface area contributed by atoms with Gasteiger partial charge in [0.2, 0.25) is 0 Å². The quantitative estimate of drug-likeness (QED) is 0.758. The van der Waals surface area contributed by atoms with E-state index in [0.717, 1.165) is 11.1 Å². The lowest BCUT2D eigenvalue weighted by Crippen LogP contribution is -2.41. The van der Waals surface area contributed by atoms with Crippen molar-refractivity contribution in [1.29, 1.82) is 0 Å². The van der Waals surface area contributed by atoms with E-state index >= 15 is 0 Å². The largest absolute Gasteiger partial charge is 0.466 e. The molecule has 1 aliphatic rings. The molecule has 130 valence electrons. The summed E-state index contributed by atoms with van der Waals surface area (Å²) >= 11 is 6.05. The first-order valence-electron chi connectivity index (χ1n) is 7.75. The van der Waals surface area contributed by atoms with E-state index in [9.17, 15) is 9.59 Å². The number of nitrogens with zero attached hydrogens (tertiary/aromatic N) is 1. The number of benzene rings is 1. The fraction of sp³-hybridized carbons (Fsp3) is 0.444. The van der Waals surface area contributed by atoms with Crippen molar-refractivity contribution in [1.82, 2.24) is 4.90 Å². The Morgan fingerprint density at radius 1 is 1.25 bits per heavy atom. The maximum atomic E-state index is 12.3. The highest BCUT2D eigenvalue weighted by molar-refractivity contribution is 6.30. The van der Waals surface area contributed by atoms with Gasteiger partial charge in [-0.05, 0) is 50.5 Å². The fourth-order valence-electron chi connectivity index (χ4n) is 2.55. The normalized spacial score (nSPS) is 15.3. The highest BCUT2D eigenvalue weighted by atomic mass is 35.5. The van der Waals surface area contributed by atoms with Gasteiger partial charge in [-0.1, -0.05) is 23.7 Å². The Labute approximate surface area is 147 Å². The third-order valence-electron chi connectivity index (χ3n) is 3.60. The maximum Gasteiger partial charge on any atom is 0.410 e. The molecule has 0 atom stereocenters. The van der Waals surface area contributed by atoms with Crippen LogP contribution in [-0.4, -0.2) is 42.8 Å². The van der Waals surface area contributed by atoms with Crippen LogP contribution in [0.15, 0.2) is 29.8 Å². The van der Waals surface area contributed by atoms with Crippen LogP contribution >= 0.6 is 11.6 Å². The van der Waals surface area contributed by atoms with Crippen molar-refractivity contribution in [2.24, 2.45) is 0 Å². The molecule has 0 bridgehead atoms. The molecule has 0 aliphatic carbocycles. The van der Waals surface area contributed by atoms with E-state index in [1.165, 1.54) is 12.0 Å². The summed E-state index contributed by atoms with van der Waals surface area (Å²) < 4.78 is 10.3. The smallest absolute Gasteiger partial charge is 0.410 e. The summed E-state index contributed by atoms with van der Waals surface area (Å²) in [6.45, 7) is 6.05. The third kappa shape index (κ3) is 4.51. The SMILES string of the molecule is COC(=O)C1=C(c2cccc(Cl)c2)CCN(C(=O)OC(C)(C)C)C1. The number of esters is 1. The number of hydrogen-bond donors (Lipinski definition) is 0. The molecule has 0 N–H and O–H groups in total. The molecular formula is C18H22ClNO4. The monoisotopic (exact) mass is 351 g/mol. The molecule has 6 heteroatoms. The Bertz CT molecular complexity index is 676. The molecule has 0 radical (unpaired) electrons. The zero-order valence-corrected chi connectivity index (χ0v) is 15.1. The molecule has 2 rings (SSSR count). The second kappa shape index (κ2) is 7.26. The van der Waals surface area contributed by atoms with Crippen molar-refractivity contribution in [3.05, 3.63) is 40.4 Å². The lowest BCUT2D eigenvalue weighted by atomic mass is 9.93. The third-order valence-corrected chi connectivity index (χ3v) is 3.84. The van der Waals surface area contributed by atoms with Gasteiger partial charge >= 0.3 is 12.1 Å². The molecule has 0 saturated carbocycles. The van der Waals surface area contributed by atoms with Gasteiger partial charge in [0.05, 0.1) is 19.2 Å². The van der Waals surface area contributed by atoms with Gasteiger partial charge in [-0.25, -0.2) is 9.59 Å². The molecule has 5 nitrogen and oxygen atoms in total. The lowest BCUT2D eigenvalue weighted by molar-refractivity contribution is -0.136. The molecular weight excluding hydrogens is 330 g/mol. The van der Waals surface area contributed by atoms with Crippen molar-refractivity contribution in [2.75, 3.05) is 20.2 Å². The minimum absolute atomic E-state index is 0.156. The first kappa shape index (κ1) is 18.3. The highest BCUT2D eigenvalue weighted by Gasteiger charge is 2.30. The average molecular weight is 352 g/mol. The van der Waals surface area contributed by atoms with Gasteiger partial charge in [-0.2, -0.15) is 0 Å². The number of methoxy groups -OCH3 is 1. The molecule has 0 aromatic heterocycles. The minimum Gasteiger partial charge on any atom is -0.466 e. The summed E-state index contributed by atoms with van der Waals surface area (Å²) in [7, 11) is 1.33. The van der Waals surface area contributed by atoms with Crippen LogP contribution in [0.4, 0.5) is 4.79 Å². The lowest BCUT2D eigenvalue weighted by Gasteiger charge is -2.32. The van der Waals surface area contributed by atoms with Gasteiger partial charge in [0.15, 0.2) is 0 Å². The summed E-state index contributed by atoms with van der Waals surface area (Å²) in [4.78, 5) is 26.0. The molecule has 1 aromatic rings. The van der Waals surface area contributed by atoms with E-state index < -0.39 is 17.7 Å². The number of hydrogen-bond acceptors (Lipinski definition) is 4. The second-order valence-electron chi connectivity index (χ2n) is 6.61. The van der Waals surface area contributed by atoms with E-state index in [0.29, 0.717) is 23.6 Å². The summed E-state index contributed by atoms with van der Waals surface area (Å²) in [5.41, 5.74) is 1.59. The van der Waals surface area contributed by atoms with E-state index in [4.69, 9.17) is 21.1 Å². The van der Waals surface area contributed by atoms with Gasteiger partial charge in [0, 0.05) is 11.6 Å². The van der Waals surface area contributed by atoms with Crippen molar-refractivity contribution in [3.8, 4) is 0 Å². The fourth-order valence-corrected chi connectivity index (χ4v) is 2.74. The van der Waals surface area contributed by atoms with E-state index in [-0.39, 0.29) is 6.54 Å². The predicted octanol–water partition coefficient (Wildman–Crippen LogP) is 3.91. The zero-order valence-electron chi connectivity index (χ0n) is 14.4. The number of rotatable bonds is 2. The van der Waals surface area contributed by atoms with Gasteiger partial charge in [-0.3, -0.25) is 0 Å². The van der Waals surface area contributed by atoms with E-state index in [1.807, 2.05) is 39.0 Å². The van der Waals surface area contributed by atoms with E-state index in [1.54, 1.807) is 6.07 Å². The molecule has 1 aromatic carbocycles. The summed E-state index contributed by atoms with van der Waals surface area (Å²) in [5.74, 6) is -0.446. The van der Waals surface area contributed by atoms with Crippen LogP contribution < -0.4 is 0 Å². The van der Waals surface area contributed by atoms with Crippen LogP contribution in [0, 0.1) is 0 Å². The van der Waals surface area contributed by atoms with Crippen molar-refractivity contribution in [2.45, 2.75) is 32.8 Å². The molecule has 0 saturated heterocycles. The Morgan fingerprint density at radius 2 is 1.96 bits per heavy atom. The molecule has 0 unspecified atom stereocenters. The average Bonchev–Trinajstić information content (AvgIpc) is 2.52. The number of carbonyl (C=O) groups excluding carboxylic acids is 2. The summed E-state index contributed by atoms with van der Waals surface area (Å²) in [6.07, 6.45) is 0.0957. The zero-order chi connectivity index (χ0) is 17.9. The molecule has 0 fully saturated rings. The Balaban J connectivity index is 2.32. The topological polar surface area (TPSA) is 55.8 Å². The Morgan fingerprint density at radius 3 is 2.54 bits per heavy atom. The summed E-state index contributed by atoms with van der Waals surface area (Å²) in [6, 6.07) is 7.31. The van der Waals surface area contributed by atoms with Gasteiger partial charge in [0.25, 0.3) is 0 Å². The van der Waals surface area contributed by atoms with Gasteiger partial charge < -0.3 is 14.4 Å². The molecule has 1 amide bonds. The summed E-state index contributed by atoms with van der Waals surface area (Å²) in [5, 5.41) is 0.596. The number of carbonyl (C=O) groups is 2. The Kier molecular flexibility index (Phi) is 5.54.